The van der Waals surface area contributed by atoms with E-state index in [1.807, 2.05) is 58.0 Å². The van der Waals surface area contributed by atoms with Crippen LogP contribution in [0.1, 0.15) is 57.7 Å². The zero-order chi connectivity index (χ0) is 24.2. The molecule has 2 aromatic carbocycles. The first-order valence-electron chi connectivity index (χ1n) is 11.4. The molecule has 0 saturated carbocycles. The van der Waals surface area contributed by atoms with E-state index in [1.54, 1.807) is 17.0 Å². The Labute approximate surface area is 196 Å². The number of rotatable bonds is 9. The van der Waals surface area contributed by atoms with Gasteiger partial charge < -0.3 is 10.2 Å². The SMILES string of the molecule is CCC(=O)N1CCc2cc(S(=O)(=O)N[C@H](CC(C)C)C(=O)N[C@H](C)c3ccccc3)ccc21. The molecule has 7 nitrogen and oxygen atoms in total. The molecule has 2 amide bonds. The molecule has 1 heterocycles. The van der Waals surface area contributed by atoms with Crippen LogP contribution in [0.25, 0.3) is 0 Å². The first-order valence-corrected chi connectivity index (χ1v) is 12.9. The summed E-state index contributed by atoms with van der Waals surface area (Å²) in [4.78, 5) is 26.9. The average Bonchev–Trinajstić information content (AvgIpc) is 3.21. The van der Waals surface area contributed by atoms with Gasteiger partial charge >= 0.3 is 0 Å². The van der Waals surface area contributed by atoms with Crippen molar-refractivity contribution in [3.8, 4) is 0 Å². The quantitative estimate of drug-likeness (QED) is 0.585. The Morgan fingerprint density at radius 3 is 2.39 bits per heavy atom. The Hall–Kier alpha value is -2.71. The Morgan fingerprint density at radius 1 is 1.06 bits per heavy atom. The van der Waals surface area contributed by atoms with Crippen molar-refractivity contribution in [1.29, 1.82) is 0 Å². The molecule has 0 fully saturated rings. The van der Waals surface area contributed by atoms with Crippen molar-refractivity contribution in [2.24, 2.45) is 5.92 Å². The lowest BCUT2D eigenvalue weighted by Gasteiger charge is -2.23. The third-order valence-electron chi connectivity index (χ3n) is 5.84. The number of sulfonamides is 1. The molecule has 0 radical (unpaired) electrons. The molecular weight excluding hydrogens is 438 g/mol. The van der Waals surface area contributed by atoms with Crippen LogP contribution in [-0.2, 0) is 26.0 Å². The van der Waals surface area contributed by atoms with Crippen LogP contribution in [0.2, 0.25) is 0 Å². The lowest BCUT2D eigenvalue weighted by Crippen LogP contribution is -2.47. The van der Waals surface area contributed by atoms with Gasteiger partial charge in [-0.2, -0.15) is 4.72 Å². The van der Waals surface area contributed by atoms with E-state index >= 15 is 0 Å². The molecule has 33 heavy (non-hydrogen) atoms. The molecule has 2 atom stereocenters. The van der Waals surface area contributed by atoms with Crippen LogP contribution in [0.15, 0.2) is 53.4 Å². The largest absolute Gasteiger partial charge is 0.348 e. The standard InChI is InChI=1S/C25H33N3O4S/c1-5-24(29)28-14-13-20-16-21(11-12-23(20)28)33(31,32)27-22(15-17(2)3)25(30)26-18(4)19-9-7-6-8-10-19/h6-12,16-18,22,27H,5,13-15H2,1-4H3,(H,26,30)/t18-,22-/m1/s1. The van der Waals surface area contributed by atoms with Gasteiger partial charge in [0.15, 0.2) is 0 Å². The van der Waals surface area contributed by atoms with E-state index in [0.29, 0.717) is 25.8 Å². The van der Waals surface area contributed by atoms with Gasteiger partial charge in [-0.1, -0.05) is 51.1 Å². The van der Waals surface area contributed by atoms with Crippen LogP contribution in [-0.4, -0.2) is 32.8 Å². The minimum Gasteiger partial charge on any atom is -0.348 e. The van der Waals surface area contributed by atoms with Crippen molar-refractivity contribution < 1.29 is 18.0 Å². The second-order valence-electron chi connectivity index (χ2n) is 8.88. The van der Waals surface area contributed by atoms with Crippen molar-refractivity contribution >= 4 is 27.5 Å². The fourth-order valence-electron chi connectivity index (χ4n) is 4.07. The number of hydrogen-bond acceptors (Lipinski definition) is 4. The fraction of sp³-hybridized carbons (Fsp3) is 0.440. The number of amides is 2. The number of benzene rings is 2. The number of hydrogen-bond donors (Lipinski definition) is 2. The lowest BCUT2D eigenvalue weighted by atomic mass is 10.0. The van der Waals surface area contributed by atoms with Gasteiger partial charge in [-0.15, -0.1) is 0 Å². The van der Waals surface area contributed by atoms with E-state index in [0.717, 1.165) is 16.8 Å². The van der Waals surface area contributed by atoms with Gasteiger partial charge in [0, 0.05) is 18.7 Å². The first-order chi connectivity index (χ1) is 15.6. The lowest BCUT2D eigenvalue weighted by molar-refractivity contribution is -0.123. The summed E-state index contributed by atoms with van der Waals surface area (Å²) in [6.45, 7) is 8.13. The van der Waals surface area contributed by atoms with Gasteiger partial charge in [-0.25, -0.2) is 8.42 Å². The summed E-state index contributed by atoms with van der Waals surface area (Å²) in [6.07, 6.45) is 1.37. The molecule has 0 bridgehead atoms. The van der Waals surface area contributed by atoms with Gasteiger partial charge in [0.25, 0.3) is 0 Å². The number of anilines is 1. The minimum atomic E-state index is -3.93. The third-order valence-corrected chi connectivity index (χ3v) is 7.31. The molecule has 0 unspecified atom stereocenters. The summed E-state index contributed by atoms with van der Waals surface area (Å²) in [5.74, 6) is -0.225. The summed E-state index contributed by atoms with van der Waals surface area (Å²) in [7, 11) is -3.93. The van der Waals surface area contributed by atoms with Crippen molar-refractivity contribution in [3.05, 3.63) is 59.7 Å². The van der Waals surface area contributed by atoms with E-state index in [-0.39, 0.29) is 28.7 Å². The van der Waals surface area contributed by atoms with Crippen LogP contribution in [0.4, 0.5) is 5.69 Å². The predicted molar refractivity (Wildman–Crippen MR) is 129 cm³/mol. The van der Waals surface area contributed by atoms with Gasteiger partial charge in [-0.3, -0.25) is 9.59 Å². The molecule has 0 spiro atoms. The topological polar surface area (TPSA) is 95.6 Å². The maximum absolute atomic E-state index is 13.2. The summed E-state index contributed by atoms with van der Waals surface area (Å²) in [6, 6.07) is 13.2. The van der Waals surface area contributed by atoms with Gasteiger partial charge in [0.1, 0.15) is 6.04 Å². The number of nitrogens with one attached hydrogen (secondary N) is 2. The molecule has 2 N–H and O–H groups in total. The van der Waals surface area contributed by atoms with Gasteiger partial charge in [0.2, 0.25) is 21.8 Å². The number of carbonyl (C=O) groups is 2. The van der Waals surface area contributed by atoms with Gasteiger partial charge in [-0.05, 0) is 55.0 Å². The van der Waals surface area contributed by atoms with Crippen LogP contribution in [0.3, 0.4) is 0 Å². The smallest absolute Gasteiger partial charge is 0.241 e. The van der Waals surface area contributed by atoms with Crippen LogP contribution < -0.4 is 14.9 Å². The highest BCUT2D eigenvalue weighted by Gasteiger charge is 2.30. The van der Waals surface area contributed by atoms with Crippen LogP contribution in [0.5, 0.6) is 0 Å². The van der Waals surface area contributed by atoms with E-state index < -0.39 is 16.1 Å². The molecule has 178 valence electrons. The van der Waals surface area contributed by atoms with E-state index in [1.165, 1.54) is 6.07 Å². The maximum atomic E-state index is 13.2. The molecule has 1 aliphatic heterocycles. The molecule has 0 aliphatic carbocycles. The average molecular weight is 472 g/mol. The first kappa shape index (κ1) is 24.9. The summed E-state index contributed by atoms with van der Waals surface area (Å²) >= 11 is 0. The van der Waals surface area contributed by atoms with Gasteiger partial charge in [0.05, 0.1) is 10.9 Å². The Bertz CT molecular complexity index is 1100. The summed E-state index contributed by atoms with van der Waals surface area (Å²) in [5, 5.41) is 2.93. The highest BCUT2D eigenvalue weighted by molar-refractivity contribution is 7.89. The highest BCUT2D eigenvalue weighted by Crippen LogP contribution is 2.30. The van der Waals surface area contributed by atoms with E-state index in [2.05, 4.69) is 10.0 Å². The number of fused-ring (bicyclic) bond motifs is 1. The van der Waals surface area contributed by atoms with Crippen molar-refractivity contribution in [2.75, 3.05) is 11.4 Å². The predicted octanol–water partition coefficient (Wildman–Crippen LogP) is 3.56. The minimum absolute atomic E-state index is 0.0173. The molecule has 8 heteroatoms. The summed E-state index contributed by atoms with van der Waals surface area (Å²) < 4.78 is 29.0. The summed E-state index contributed by atoms with van der Waals surface area (Å²) in [5.41, 5.74) is 2.53. The third kappa shape index (κ3) is 6.00. The Morgan fingerprint density at radius 2 is 1.76 bits per heavy atom. The zero-order valence-electron chi connectivity index (χ0n) is 19.7. The molecule has 1 aliphatic rings. The Balaban J connectivity index is 1.78. The molecular formula is C25H33N3O4S. The van der Waals surface area contributed by atoms with Crippen molar-refractivity contribution in [3.63, 3.8) is 0 Å². The fourth-order valence-corrected chi connectivity index (χ4v) is 5.33. The van der Waals surface area contributed by atoms with E-state index in [9.17, 15) is 18.0 Å². The van der Waals surface area contributed by atoms with E-state index in [4.69, 9.17) is 0 Å². The second kappa shape index (κ2) is 10.5. The zero-order valence-corrected chi connectivity index (χ0v) is 20.5. The maximum Gasteiger partial charge on any atom is 0.241 e. The van der Waals surface area contributed by atoms with Crippen LogP contribution in [0, 0.1) is 5.92 Å². The van der Waals surface area contributed by atoms with Crippen LogP contribution >= 0.6 is 0 Å². The van der Waals surface area contributed by atoms with Crippen molar-refractivity contribution in [1.82, 2.24) is 10.0 Å². The number of carbonyl (C=O) groups excluding carboxylic acids is 2. The molecule has 2 aromatic rings. The number of nitrogens with zero attached hydrogens (tertiary/aromatic N) is 1. The normalized spacial score (nSPS) is 15.2. The van der Waals surface area contributed by atoms with Crippen molar-refractivity contribution in [2.45, 2.75) is 63.9 Å². The molecule has 0 aromatic heterocycles. The monoisotopic (exact) mass is 471 g/mol. The molecule has 3 rings (SSSR count). The Kier molecular flexibility index (Phi) is 7.92. The second-order valence-corrected chi connectivity index (χ2v) is 10.6. The highest BCUT2D eigenvalue weighted by atomic mass is 32.2. The molecule has 0 saturated heterocycles.